The van der Waals surface area contributed by atoms with Gasteiger partial charge in [0.1, 0.15) is 17.5 Å². The van der Waals surface area contributed by atoms with Crippen LogP contribution in [-0.2, 0) is 4.79 Å². The fourth-order valence-corrected chi connectivity index (χ4v) is 3.34. The third-order valence-electron chi connectivity index (χ3n) is 5.18. The van der Waals surface area contributed by atoms with Crippen LogP contribution in [0.5, 0.6) is 5.75 Å². The predicted molar refractivity (Wildman–Crippen MR) is 126 cm³/mol. The van der Waals surface area contributed by atoms with Gasteiger partial charge in [-0.25, -0.2) is 9.78 Å². The summed E-state index contributed by atoms with van der Waals surface area (Å²) < 4.78 is 5.31. The Morgan fingerprint density at radius 3 is 2.59 bits per heavy atom. The highest BCUT2D eigenvalue weighted by atomic mass is 16.5. The van der Waals surface area contributed by atoms with Crippen molar-refractivity contribution in [2.75, 3.05) is 35.8 Å². The van der Waals surface area contributed by atoms with Gasteiger partial charge in [-0.15, -0.1) is 0 Å². The Morgan fingerprint density at radius 1 is 1.31 bits per heavy atom. The zero-order valence-corrected chi connectivity index (χ0v) is 19.8. The van der Waals surface area contributed by atoms with Gasteiger partial charge in [0.05, 0.1) is 24.6 Å². The molecule has 1 aromatic heterocycles. The van der Waals surface area contributed by atoms with Gasteiger partial charge in [-0.1, -0.05) is 27.7 Å². The maximum Gasteiger partial charge on any atom is 0.335 e. The highest BCUT2D eigenvalue weighted by Gasteiger charge is 2.35. The molecule has 2 aromatic rings. The number of nitrogens with zero attached hydrogens (tertiary/aromatic N) is 4. The van der Waals surface area contributed by atoms with E-state index in [1.54, 1.807) is 24.2 Å². The van der Waals surface area contributed by atoms with Gasteiger partial charge in [-0.05, 0) is 37.5 Å². The molecule has 3 rings (SSSR count). The van der Waals surface area contributed by atoms with Gasteiger partial charge in [-0.3, -0.25) is 4.79 Å². The molecule has 2 heterocycles. The maximum atomic E-state index is 12.6. The van der Waals surface area contributed by atoms with Crippen LogP contribution in [0, 0.1) is 5.92 Å². The molecule has 0 aliphatic carbocycles. The molecule has 0 saturated heterocycles. The second kappa shape index (κ2) is 10.8. The Bertz CT molecular complexity index is 963. The molecule has 0 spiro atoms. The summed E-state index contributed by atoms with van der Waals surface area (Å²) in [6.07, 6.45) is 2.55. The molecule has 9 nitrogen and oxygen atoms in total. The van der Waals surface area contributed by atoms with Crippen molar-refractivity contribution in [1.29, 1.82) is 0 Å². The number of fused-ring (bicyclic) bond motifs is 1. The predicted octanol–water partition coefficient (Wildman–Crippen LogP) is 4.17. The molecule has 1 aliphatic heterocycles. The summed E-state index contributed by atoms with van der Waals surface area (Å²) in [5.74, 6) is 0.845. The normalized spacial score (nSPS) is 15.1. The number of carboxylic acids is 1. The quantitative estimate of drug-likeness (QED) is 0.656. The number of methoxy groups -OCH3 is 1. The second-order valence-corrected chi connectivity index (χ2v) is 7.70. The van der Waals surface area contributed by atoms with E-state index in [9.17, 15) is 9.59 Å². The topological polar surface area (TPSA) is 108 Å². The lowest BCUT2D eigenvalue weighted by atomic mass is 10.1. The fourth-order valence-electron chi connectivity index (χ4n) is 3.34. The van der Waals surface area contributed by atoms with Gasteiger partial charge in [-0.2, -0.15) is 4.98 Å². The number of carbonyl (C=O) groups excluding carboxylic acids is 1. The van der Waals surface area contributed by atoms with E-state index in [2.05, 4.69) is 29.1 Å². The van der Waals surface area contributed by atoms with Crippen LogP contribution in [0.3, 0.4) is 0 Å². The molecular formula is C23H33N5O4. The van der Waals surface area contributed by atoms with Crippen LogP contribution in [-0.4, -0.2) is 53.7 Å². The van der Waals surface area contributed by atoms with E-state index in [0.717, 1.165) is 6.42 Å². The molecular weight excluding hydrogens is 410 g/mol. The van der Waals surface area contributed by atoms with Gasteiger partial charge >= 0.3 is 5.97 Å². The average Bonchev–Trinajstić information content (AvgIpc) is 2.78. The average molecular weight is 444 g/mol. The van der Waals surface area contributed by atoms with Crippen LogP contribution < -0.4 is 19.9 Å². The van der Waals surface area contributed by atoms with Crippen LogP contribution in [0.1, 0.15) is 51.4 Å². The largest absolute Gasteiger partial charge is 0.495 e. The maximum absolute atomic E-state index is 12.6. The number of ether oxygens (including phenoxy) is 1. The number of carboxylic acid groups (broad SMARTS) is 1. The minimum absolute atomic E-state index is 0.00138. The zero-order chi connectivity index (χ0) is 24.0. The third-order valence-corrected chi connectivity index (χ3v) is 5.18. The summed E-state index contributed by atoms with van der Waals surface area (Å²) in [6.45, 7) is 10.9. The molecule has 1 aromatic carbocycles. The van der Waals surface area contributed by atoms with Gasteiger partial charge in [0, 0.05) is 13.6 Å². The van der Waals surface area contributed by atoms with Gasteiger partial charge in [0.25, 0.3) is 0 Å². The number of hydrogen-bond acceptors (Lipinski definition) is 7. The van der Waals surface area contributed by atoms with Crippen LogP contribution in [0.25, 0.3) is 0 Å². The van der Waals surface area contributed by atoms with Crippen LogP contribution in [0.15, 0.2) is 24.4 Å². The van der Waals surface area contributed by atoms with E-state index in [1.807, 2.05) is 25.7 Å². The Morgan fingerprint density at radius 2 is 2.00 bits per heavy atom. The number of likely N-dealkylation sites (N-methyl/N-ethyl adjacent to an activating group) is 1. The molecule has 1 atom stereocenters. The number of aromatic carboxylic acids is 1. The van der Waals surface area contributed by atoms with Crippen LogP contribution in [0.2, 0.25) is 0 Å². The Labute approximate surface area is 189 Å². The van der Waals surface area contributed by atoms with Crippen molar-refractivity contribution in [3.05, 3.63) is 30.0 Å². The molecule has 9 heteroatoms. The highest BCUT2D eigenvalue weighted by molar-refractivity contribution is 6.04. The van der Waals surface area contributed by atoms with E-state index in [0.29, 0.717) is 41.4 Å². The number of aromatic nitrogens is 2. The van der Waals surface area contributed by atoms with Crippen molar-refractivity contribution in [3.63, 3.8) is 0 Å². The lowest BCUT2D eigenvalue weighted by Gasteiger charge is -2.39. The number of amides is 1. The first kappa shape index (κ1) is 24.9. The minimum Gasteiger partial charge on any atom is -0.495 e. The Kier molecular flexibility index (Phi) is 8.40. The number of hydrogen-bond donors (Lipinski definition) is 2. The Balaban J connectivity index is 0.00000176. The summed E-state index contributed by atoms with van der Waals surface area (Å²) >= 11 is 0. The van der Waals surface area contributed by atoms with Crippen molar-refractivity contribution < 1.29 is 19.4 Å². The van der Waals surface area contributed by atoms with Crippen LogP contribution >= 0.6 is 0 Å². The summed E-state index contributed by atoms with van der Waals surface area (Å²) in [7, 11) is 3.19. The molecule has 32 heavy (non-hydrogen) atoms. The molecule has 1 aliphatic rings. The molecule has 1 unspecified atom stereocenters. The summed E-state index contributed by atoms with van der Waals surface area (Å²) in [5.41, 5.74) is 1.32. The highest BCUT2D eigenvalue weighted by Crippen LogP contribution is 2.35. The standard InChI is InChI=1S/C21H27N5O4.C2H6/c1-12(2)8-9-26-13(3)19(27)25(4)16-11-22-21(24-18(16)26)23-15-7-6-14(20(28)29)10-17(15)30-5;1-2/h6-7,10-13H,8-9H2,1-5H3,(H,28,29)(H,22,23,24);1-2H3. The molecule has 2 N–H and O–H groups in total. The van der Waals surface area contributed by atoms with E-state index in [4.69, 9.17) is 9.84 Å². The first-order valence-electron chi connectivity index (χ1n) is 10.8. The summed E-state index contributed by atoms with van der Waals surface area (Å²) in [5, 5.41) is 12.3. The van der Waals surface area contributed by atoms with E-state index in [-0.39, 0.29) is 17.5 Å². The zero-order valence-electron chi connectivity index (χ0n) is 19.8. The van der Waals surface area contributed by atoms with Gasteiger partial charge < -0.3 is 25.0 Å². The fraction of sp³-hybridized carbons (Fsp3) is 0.478. The van der Waals surface area contributed by atoms with E-state index >= 15 is 0 Å². The molecule has 1 amide bonds. The lowest BCUT2D eigenvalue weighted by Crippen LogP contribution is -2.51. The van der Waals surface area contributed by atoms with Crippen molar-refractivity contribution >= 4 is 35.0 Å². The van der Waals surface area contributed by atoms with E-state index < -0.39 is 5.97 Å². The first-order valence-corrected chi connectivity index (χ1v) is 10.8. The SMILES string of the molecule is CC.COc1cc(C(=O)O)ccc1Nc1ncc2c(n1)N(CCC(C)C)C(C)C(=O)N2C. The molecule has 0 radical (unpaired) electrons. The number of nitrogens with one attached hydrogen (secondary N) is 1. The third kappa shape index (κ3) is 5.27. The number of carbonyl (C=O) groups is 2. The minimum atomic E-state index is -1.03. The Hall–Kier alpha value is -3.36. The van der Waals surface area contributed by atoms with Crippen LogP contribution in [0.4, 0.5) is 23.1 Å². The van der Waals surface area contributed by atoms with Crippen molar-refractivity contribution in [3.8, 4) is 5.75 Å². The first-order chi connectivity index (χ1) is 15.2. The monoisotopic (exact) mass is 443 g/mol. The summed E-state index contributed by atoms with van der Waals surface area (Å²) in [4.78, 5) is 36.4. The second-order valence-electron chi connectivity index (χ2n) is 7.70. The molecule has 174 valence electrons. The molecule has 0 fully saturated rings. The van der Waals surface area contributed by atoms with Gasteiger partial charge in [0.15, 0.2) is 5.82 Å². The number of benzene rings is 1. The van der Waals surface area contributed by atoms with Gasteiger partial charge in [0.2, 0.25) is 11.9 Å². The lowest BCUT2D eigenvalue weighted by molar-refractivity contribution is -0.119. The van der Waals surface area contributed by atoms with Crippen molar-refractivity contribution in [2.45, 2.75) is 47.1 Å². The number of anilines is 4. The number of rotatable bonds is 7. The van der Waals surface area contributed by atoms with Crippen molar-refractivity contribution in [2.24, 2.45) is 5.92 Å². The smallest absolute Gasteiger partial charge is 0.335 e. The summed E-state index contributed by atoms with van der Waals surface area (Å²) in [6, 6.07) is 4.20. The van der Waals surface area contributed by atoms with E-state index in [1.165, 1.54) is 19.2 Å². The van der Waals surface area contributed by atoms with Crippen molar-refractivity contribution in [1.82, 2.24) is 9.97 Å². The molecule has 0 bridgehead atoms. The molecule has 0 saturated carbocycles.